The molecule has 0 amide bonds. The first-order valence-electron chi connectivity index (χ1n) is 13.9. The molecule has 0 saturated carbocycles. The highest BCUT2D eigenvalue weighted by Crippen LogP contribution is 2.40. The second-order valence-electron chi connectivity index (χ2n) is 11.5. The minimum atomic E-state index is -1.51. The van der Waals surface area contributed by atoms with E-state index in [0.29, 0.717) is 5.75 Å². The second kappa shape index (κ2) is 14.2. The van der Waals surface area contributed by atoms with E-state index in [4.69, 9.17) is 9.47 Å². The lowest BCUT2D eigenvalue weighted by molar-refractivity contribution is -0.277. The monoisotopic (exact) mass is 552 g/mol. The van der Waals surface area contributed by atoms with E-state index in [1.54, 1.807) is 30.3 Å². The van der Waals surface area contributed by atoms with E-state index in [9.17, 15) is 25.2 Å². The van der Waals surface area contributed by atoms with Crippen molar-refractivity contribution in [3.63, 3.8) is 0 Å². The Hall–Kier alpha value is -2.81. The standard InChI is InChI=1S/C33H44O7/c1-21(11-16-27-23(3)10-7-17-33(27,4)5)8-6-9-22(2)18-25(35)19-24-12-14-26(15-13-24)39-32-31(38)30(37)29(36)28(20-34)40-32/h6,8-9,11-16,18,28-32,34,36-38H,7,10,17,19-20H2,1-5H3/b9-6+,16-11+,21-8+,22-18+. The second-order valence-corrected chi connectivity index (χ2v) is 11.5. The van der Waals surface area contributed by atoms with Crippen LogP contribution in [0.5, 0.6) is 5.75 Å². The molecule has 1 aromatic carbocycles. The van der Waals surface area contributed by atoms with Crippen molar-refractivity contribution in [1.82, 2.24) is 0 Å². The molecule has 5 atom stereocenters. The molecule has 3 rings (SSSR count). The molecule has 40 heavy (non-hydrogen) atoms. The lowest BCUT2D eigenvalue weighted by atomic mass is 9.72. The Bertz CT molecular complexity index is 1170. The first kappa shape index (κ1) is 31.7. The van der Waals surface area contributed by atoms with Gasteiger partial charge in [0.25, 0.3) is 0 Å². The van der Waals surface area contributed by atoms with Gasteiger partial charge in [0.15, 0.2) is 5.78 Å². The van der Waals surface area contributed by atoms with Crippen LogP contribution in [0.15, 0.2) is 83.0 Å². The Morgan fingerprint density at radius 3 is 2.40 bits per heavy atom. The minimum Gasteiger partial charge on any atom is -0.462 e. The molecule has 7 heteroatoms. The zero-order chi connectivity index (χ0) is 29.4. The van der Waals surface area contributed by atoms with Gasteiger partial charge in [-0.2, -0.15) is 0 Å². The maximum absolute atomic E-state index is 12.6. The van der Waals surface area contributed by atoms with Crippen LogP contribution in [0.3, 0.4) is 0 Å². The van der Waals surface area contributed by atoms with Crippen LogP contribution < -0.4 is 4.74 Å². The maximum Gasteiger partial charge on any atom is 0.229 e. The molecule has 5 unspecified atom stereocenters. The van der Waals surface area contributed by atoms with Gasteiger partial charge < -0.3 is 29.9 Å². The summed E-state index contributed by atoms with van der Waals surface area (Å²) in [4.78, 5) is 12.6. The number of aliphatic hydroxyl groups excluding tert-OH is 4. The molecule has 1 fully saturated rings. The van der Waals surface area contributed by atoms with Crippen LogP contribution in [0.2, 0.25) is 0 Å². The molecule has 1 aliphatic heterocycles. The molecule has 2 aliphatic rings. The molecular formula is C33H44O7. The Morgan fingerprint density at radius 1 is 1.05 bits per heavy atom. The summed E-state index contributed by atoms with van der Waals surface area (Å²) >= 11 is 0. The quantitative estimate of drug-likeness (QED) is 0.249. The van der Waals surface area contributed by atoms with Crippen molar-refractivity contribution in [3.8, 4) is 5.75 Å². The van der Waals surface area contributed by atoms with E-state index in [2.05, 4.69) is 39.8 Å². The number of hydrogen-bond acceptors (Lipinski definition) is 7. The fourth-order valence-electron chi connectivity index (χ4n) is 5.17. The third-order valence-corrected chi connectivity index (χ3v) is 7.56. The van der Waals surface area contributed by atoms with Crippen LogP contribution in [0.4, 0.5) is 0 Å². The lowest BCUT2D eigenvalue weighted by Gasteiger charge is -2.39. The van der Waals surface area contributed by atoms with Gasteiger partial charge in [-0.25, -0.2) is 0 Å². The van der Waals surface area contributed by atoms with E-state index < -0.39 is 37.3 Å². The average molecular weight is 553 g/mol. The van der Waals surface area contributed by atoms with Crippen molar-refractivity contribution in [2.45, 2.75) is 91.0 Å². The Kier molecular flexibility index (Phi) is 11.3. The van der Waals surface area contributed by atoms with Crippen LogP contribution in [0, 0.1) is 5.41 Å². The Morgan fingerprint density at radius 2 is 1.75 bits per heavy atom. The van der Waals surface area contributed by atoms with Gasteiger partial charge in [-0.05, 0) is 80.4 Å². The minimum absolute atomic E-state index is 0.0349. The largest absolute Gasteiger partial charge is 0.462 e. The molecule has 1 aromatic rings. The smallest absolute Gasteiger partial charge is 0.229 e. The number of carbonyl (C=O) groups excluding carboxylic acids is 1. The summed E-state index contributed by atoms with van der Waals surface area (Å²) in [5.41, 5.74) is 5.91. The fraction of sp³-hybridized carbons (Fsp3) is 0.485. The topological polar surface area (TPSA) is 116 Å². The highest BCUT2D eigenvalue weighted by molar-refractivity contribution is 5.92. The third kappa shape index (κ3) is 8.59. The predicted molar refractivity (Wildman–Crippen MR) is 156 cm³/mol. The predicted octanol–water partition coefficient (Wildman–Crippen LogP) is 4.51. The molecule has 0 spiro atoms. The molecule has 0 aromatic heterocycles. The molecule has 0 bridgehead atoms. The van der Waals surface area contributed by atoms with Gasteiger partial charge >= 0.3 is 0 Å². The zero-order valence-electron chi connectivity index (χ0n) is 24.2. The van der Waals surface area contributed by atoms with Crippen LogP contribution in [-0.2, 0) is 16.0 Å². The van der Waals surface area contributed by atoms with Crippen molar-refractivity contribution in [2.24, 2.45) is 5.41 Å². The van der Waals surface area contributed by atoms with Crippen molar-refractivity contribution in [2.75, 3.05) is 6.61 Å². The van der Waals surface area contributed by atoms with E-state index in [1.807, 2.05) is 25.2 Å². The summed E-state index contributed by atoms with van der Waals surface area (Å²) in [7, 11) is 0. The van der Waals surface area contributed by atoms with E-state index in [-0.39, 0.29) is 17.6 Å². The summed E-state index contributed by atoms with van der Waals surface area (Å²) in [6.07, 6.45) is 9.05. The molecule has 1 saturated heterocycles. The van der Waals surface area contributed by atoms with Crippen molar-refractivity contribution in [1.29, 1.82) is 0 Å². The van der Waals surface area contributed by atoms with E-state index >= 15 is 0 Å². The molecule has 4 N–H and O–H groups in total. The van der Waals surface area contributed by atoms with Crippen LogP contribution in [0.1, 0.15) is 59.4 Å². The lowest BCUT2D eigenvalue weighted by Crippen LogP contribution is -2.60. The van der Waals surface area contributed by atoms with Gasteiger partial charge in [-0.3, -0.25) is 4.79 Å². The van der Waals surface area contributed by atoms with Gasteiger partial charge in [0.05, 0.1) is 6.61 Å². The van der Waals surface area contributed by atoms with Gasteiger partial charge in [0, 0.05) is 6.42 Å². The summed E-state index contributed by atoms with van der Waals surface area (Å²) < 4.78 is 11.0. The molecule has 218 valence electrons. The first-order valence-corrected chi connectivity index (χ1v) is 13.9. The van der Waals surface area contributed by atoms with Crippen molar-refractivity contribution in [3.05, 3.63) is 88.6 Å². The molecular weight excluding hydrogens is 508 g/mol. The summed E-state index contributed by atoms with van der Waals surface area (Å²) in [5.74, 6) is 0.317. The number of hydrogen-bond donors (Lipinski definition) is 4. The number of benzene rings is 1. The highest BCUT2D eigenvalue weighted by Gasteiger charge is 2.44. The van der Waals surface area contributed by atoms with Crippen LogP contribution >= 0.6 is 0 Å². The molecule has 0 radical (unpaired) electrons. The maximum atomic E-state index is 12.6. The van der Waals surface area contributed by atoms with Crippen molar-refractivity contribution < 1.29 is 34.7 Å². The molecule has 1 aliphatic carbocycles. The van der Waals surface area contributed by atoms with Crippen molar-refractivity contribution >= 4 is 5.78 Å². The Labute approximate surface area is 237 Å². The summed E-state index contributed by atoms with van der Waals surface area (Å²) in [6.45, 7) is 10.3. The third-order valence-electron chi connectivity index (χ3n) is 7.56. The normalized spacial score (nSPS) is 28.0. The van der Waals surface area contributed by atoms with E-state index in [0.717, 1.165) is 16.7 Å². The van der Waals surface area contributed by atoms with Gasteiger partial charge in [-0.15, -0.1) is 0 Å². The van der Waals surface area contributed by atoms with Crippen LogP contribution in [0.25, 0.3) is 0 Å². The number of rotatable bonds is 10. The summed E-state index contributed by atoms with van der Waals surface area (Å²) in [5, 5.41) is 39.3. The zero-order valence-corrected chi connectivity index (χ0v) is 24.2. The van der Waals surface area contributed by atoms with E-state index in [1.165, 1.54) is 30.4 Å². The van der Waals surface area contributed by atoms with Gasteiger partial charge in [0.1, 0.15) is 30.2 Å². The van der Waals surface area contributed by atoms with Crippen LogP contribution in [-0.4, -0.2) is 63.5 Å². The molecule has 1 heterocycles. The summed E-state index contributed by atoms with van der Waals surface area (Å²) in [6, 6.07) is 6.74. The number of ketones is 1. The number of carbonyl (C=O) groups is 1. The Balaban J connectivity index is 1.53. The number of ether oxygens (including phenoxy) is 2. The number of allylic oxidation sites excluding steroid dienone is 10. The SMILES string of the molecule is CC1=C(/C=C/C(C)=C/C=C/C(C)=C/C(=O)Cc2ccc(OC3OC(CO)C(O)C(O)C3O)cc2)C(C)(C)CCC1. The van der Waals surface area contributed by atoms with Gasteiger partial charge in [-0.1, -0.05) is 67.5 Å². The highest BCUT2D eigenvalue weighted by atomic mass is 16.7. The fourth-order valence-corrected chi connectivity index (χ4v) is 5.17. The first-order chi connectivity index (χ1) is 18.9. The number of aliphatic hydroxyl groups is 4. The van der Waals surface area contributed by atoms with Gasteiger partial charge in [0.2, 0.25) is 6.29 Å². The molecule has 7 nitrogen and oxygen atoms in total. The average Bonchev–Trinajstić information content (AvgIpc) is 2.89.